The summed E-state index contributed by atoms with van der Waals surface area (Å²) >= 11 is 0. The van der Waals surface area contributed by atoms with E-state index in [-0.39, 0.29) is 18.6 Å². The largest absolute Gasteiger partial charge is 0.395 e. The SMILES string of the molecule is COCCC(=O)NC(C)c1cccc(C#CCCO)c1. The molecule has 2 N–H and O–H groups in total. The molecule has 4 heteroatoms. The van der Waals surface area contributed by atoms with Crippen LogP contribution in [0.5, 0.6) is 0 Å². The molecule has 1 aromatic rings. The van der Waals surface area contributed by atoms with Crippen molar-refractivity contribution in [1.82, 2.24) is 5.32 Å². The molecule has 1 aromatic carbocycles. The lowest BCUT2D eigenvalue weighted by molar-refractivity contribution is -0.122. The number of benzene rings is 1. The highest BCUT2D eigenvalue weighted by Gasteiger charge is 2.09. The Morgan fingerprint density at radius 3 is 3.00 bits per heavy atom. The number of carbonyl (C=O) groups is 1. The number of rotatable bonds is 6. The van der Waals surface area contributed by atoms with E-state index in [1.807, 2.05) is 31.2 Å². The Labute approximate surface area is 120 Å². The van der Waals surface area contributed by atoms with Crippen molar-refractivity contribution in [3.63, 3.8) is 0 Å². The van der Waals surface area contributed by atoms with Gasteiger partial charge < -0.3 is 15.2 Å². The van der Waals surface area contributed by atoms with Crippen molar-refractivity contribution in [3.8, 4) is 11.8 Å². The zero-order valence-corrected chi connectivity index (χ0v) is 12.0. The second-order valence-corrected chi connectivity index (χ2v) is 4.43. The van der Waals surface area contributed by atoms with Crippen LogP contribution in [0.15, 0.2) is 24.3 Å². The maximum Gasteiger partial charge on any atom is 0.222 e. The topological polar surface area (TPSA) is 58.6 Å². The number of aliphatic hydroxyl groups excluding tert-OH is 1. The van der Waals surface area contributed by atoms with Crippen LogP contribution in [0.2, 0.25) is 0 Å². The summed E-state index contributed by atoms with van der Waals surface area (Å²) in [6.45, 7) is 2.43. The number of methoxy groups -OCH3 is 1. The van der Waals surface area contributed by atoms with Crippen LogP contribution in [0.25, 0.3) is 0 Å². The number of ether oxygens (including phenoxy) is 1. The Hall–Kier alpha value is -1.83. The monoisotopic (exact) mass is 275 g/mol. The molecule has 0 saturated carbocycles. The Kier molecular flexibility index (Phi) is 7.41. The standard InChI is InChI=1S/C16H21NO3/c1-13(17-16(19)9-11-20-2)15-8-5-7-14(12-15)6-3-4-10-18/h5,7-8,12-13,18H,4,9-11H2,1-2H3,(H,17,19). The average molecular weight is 275 g/mol. The fourth-order valence-corrected chi connectivity index (χ4v) is 1.70. The van der Waals surface area contributed by atoms with Crippen molar-refractivity contribution in [2.24, 2.45) is 0 Å². The summed E-state index contributed by atoms with van der Waals surface area (Å²) in [5.74, 6) is 5.84. The molecule has 20 heavy (non-hydrogen) atoms. The van der Waals surface area contributed by atoms with E-state index in [0.29, 0.717) is 19.4 Å². The molecule has 4 nitrogen and oxygen atoms in total. The molecule has 0 aliphatic heterocycles. The van der Waals surface area contributed by atoms with E-state index in [9.17, 15) is 4.79 Å². The van der Waals surface area contributed by atoms with E-state index in [2.05, 4.69) is 17.2 Å². The lowest BCUT2D eigenvalue weighted by Crippen LogP contribution is -2.27. The number of amides is 1. The molecule has 0 spiro atoms. The van der Waals surface area contributed by atoms with Crippen molar-refractivity contribution < 1.29 is 14.6 Å². The molecule has 1 amide bonds. The van der Waals surface area contributed by atoms with E-state index in [1.54, 1.807) is 7.11 Å². The number of carbonyl (C=O) groups excluding carboxylic acids is 1. The van der Waals surface area contributed by atoms with Gasteiger partial charge in [0.25, 0.3) is 0 Å². The lowest BCUT2D eigenvalue weighted by Gasteiger charge is -2.14. The van der Waals surface area contributed by atoms with Gasteiger partial charge in [-0.25, -0.2) is 0 Å². The summed E-state index contributed by atoms with van der Waals surface area (Å²) in [6.07, 6.45) is 0.824. The molecule has 0 fully saturated rings. The first-order chi connectivity index (χ1) is 9.67. The van der Waals surface area contributed by atoms with Crippen LogP contribution in [0.4, 0.5) is 0 Å². The second-order valence-electron chi connectivity index (χ2n) is 4.43. The van der Waals surface area contributed by atoms with Gasteiger partial charge in [0.05, 0.1) is 19.3 Å². The molecular formula is C16H21NO3. The van der Waals surface area contributed by atoms with Crippen LogP contribution in [0, 0.1) is 11.8 Å². The quantitative estimate of drug-likeness (QED) is 0.776. The molecule has 1 atom stereocenters. The van der Waals surface area contributed by atoms with Gasteiger partial charge in [-0.3, -0.25) is 4.79 Å². The van der Waals surface area contributed by atoms with Gasteiger partial charge in [-0.2, -0.15) is 0 Å². The molecule has 1 unspecified atom stereocenters. The molecule has 108 valence electrons. The Balaban J connectivity index is 2.64. The Bertz CT molecular complexity index is 488. The van der Waals surface area contributed by atoms with Crippen LogP contribution in [-0.2, 0) is 9.53 Å². The van der Waals surface area contributed by atoms with Gasteiger partial charge in [0.15, 0.2) is 0 Å². The zero-order chi connectivity index (χ0) is 14.8. The van der Waals surface area contributed by atoms with Gasteiger partial charge in [0, 0.05) is 25.5 Å². The molecular weight excluding hydrogens is 254 g/mol. The van der Waals surface area contributed by atoms with E-state index >= 15 is 0 Å². The minimum absolute atomic E-state index is 0.0314. The smallest absolute Gasteiger partial charge is 0.222 e. The summed E-state index contributed by atoms with van der Waals surface area (Å²) in [5, 5.41) is 11.6. The summed E-state index contributed by atoms with van der Waals surface area (Å²) in [5.41, 5.74) is 1.89. The number of hydrogen-bond donors (Lipinski definition) is 2. The third-order valence-corrected chi connectivity index (χ3v) is 2.77. The number of nitrogens with one attached hydrogen (secondary N) is 1. The summed E-state index contributed by atoms with van der Waals surface area (Å²) in [4.78, 5) is 11.6. The summed E-state index contributed by atoms with van der Waals surface area (Å²) < 4.78 is 4.87. The fourth-order valence-electron chi connectivity index (χ4n) is 1.70. The lowest BCUT2D eigenvalue weighted by atomic mass is 10.1. The van der Waals surface area contributed by atoms with Gasteiger partial charge in [-0.1, -0.05) is 24.0 Å². The normalized spacial score (nSPS) is 11.3. The molecule has 0 aromatic heterocycles. The van der Waals surface area contributed by atoms with Gasteiger partial charge in [-0.05, 0) is 24.6 Å². The number of hydrogen-bond acceptors (Lipinski definition) is 3. The van der Waals surface area contributed by atoms with E-state index < -0.39 is 0 Å². The summed E-state index contributed by atoms with van der Waals surface area (Å²) in [6, 6.07) is 7.66. The van der Waals surface area contributed by atoms with Crippen LogP contribution in [-0.4, -0.2) is 31.3 Å². The molecule has 0 heterocycles. The highest BCUT2D eigenvalue weighted by atomic mass is 16.5. The van der Waals surface area contributed by atoms with Crippen molar-refractivity contribution in [2.75, 3.05) is 20.3 Å². The Morgan fingerprint density at radius 1 is 1.50 bits per heavy atom. The van der Waals surface area contributed by atoms with Gasteiger partial charge >= 0.3 is 0 Å². The molecule has 0 radical (unpaired) electrons. The summed E-state index contributed by atoms with van der Waals surface area (Å²) in [7, 11) is 1.57. The minimum atomic E-state index is -0.0704. The van der Waals surface area contributed by atoms with Gasteiger partial charge in [0.1, 0.15) is 0 Å². The maximum absolute atomic E-state index is 11.6. The first kappa shape index (κ1) is 16.2. The third kappa shape index (κ3) is 5.87. The number of aliphatic hydroxyl groups is 1. The molecule has 0 bridgehead atoms. The van der Waals surface area contributed by atoms with E-state index in [4.69, 9.17) is 9.84 Å². The van der Waals surface area contributed by atoms with Crippen molar-refractivity contribution in [3.05, 3.63) is 35.4 Å². The van der Waals surface area contributed by atoms with Crippen LogP contribution in [0.3, 0.4) is 0 Å². The second kappa shape index (κ2) is 9.13. The highest BCUT2D eigenvalue weighted by molar-refractivity contribution is 5.76. The molecule has 0 saturated heterocycles. The average Bonchev–Trinajstić information content (AvgIpc) is 2.45. The van der Waals surface area contributed by atoms with Gasteiger partial charge in [-0.15, -0.1) is 0 Å². The maximum atomic E-state index is 11.6. The first-order valence-electron chi connectivity index (χ1n) is 6.65. The first-order valence-corrected chi connectivity index (χ1v) is 6.65. The van der Waals surface area contributed by atoms with Crippen LogP contribution < -0.4 is 5.32 Å². The highest BCUT2D eigenvalue weighted by Crippen LogP contribution is 2.14. The Morgan fingerprint density at radius 2 is 2.30 bits per heavy atom. The molecule has 1 rings (SSSR count). The molecule has 0 aliphatic rings. The molecule has 0 aliphatic carbocycles. The van der Waals surface area contributed by atoms with Crippen molar-refractivity contribution in [2.45, 2.75) is 25.8 Å². The van der Waals surface area contributed by atoms with Gasteiger partial charge in [0.2, 0.25) is 5.91 Å². The third-order valence-electron chi connectivity index (χ3n) is 2.77. The van der Waals surface area contributed by atoms with E-state index in [1.165, 1.54) is 0 Å². The van der Waals surface area contributed by atoms with Crippen molar-refractivity contribution in [1.29, 1.82) is 0 Å². The van der Waals surface area contributed by atoms with E-state index in [0.717, 1.165) is 11.1 Å². The zero-order valence-electron chi connectivity index (χ0n) is 12.0. The van der Waals surface area contributed by atoms with Crippen LogP contribution in [0.1, 0.15) is 36.9 Å². The fraction of sp³-hybridized carbons (Fsp3) is 0.438. The van der Waals surface area contributed by atoms with Crippen LogP contribution >= 0.6 is 0 Å². The predicted molar refractivity (Wildman–Crippen MR) is 78.1 cm³/mol. The predicted octanol–water partition coefficient (Wildman–Crippen LogP) is 1.63. The minimum Gasteiger partial charge on any atom is -0.395 e. The van der Waals surface area contributed by atoms with Crippen molar-refractivity contribution >= 4 is 5.91 Å².